The molecule has 1 heterocycles. The molecule has 1 rings (SSSR count). The van der Waals surface area contributed by atoms with E-state index < -0.39 is 0 Å². The third-order valence-electron chi connectivity index (χ3n) is 2.92. The summed E-state index contributed by atoms with van der Waals surface area (Å²) < 4.78 is 5.30. The lowest BCUT2D eigenvalue weighted by molar-refractivity contribution is 0.152. The summed E-state index contributed by atoms with van der Waals surface area (Å²) in [7, 11) is 5.97. The van der Waals surface area contributed by atoms with E-state index in [1.807, 2.05) is 6.92 Å². The number of halogens is 1. The van der Waals surface area contributed by atoms with Crippen molar-refractivity contribution >= 4 is 41.3 Å². The van der Waals surface area contributed by atoms with Crippen molar-refractivity contribution < 1.29 is 4.74 Å². The standard InChI is InChI=1S/C14H26N4OS.HI/c1-5-19-9-8-16-14(15-2)17-11-12(18(3)4)13-7-6-10-20-13;/h6-7,10,12H,5,8-9,11H2,1-4H3,(H2,15,16,17);1H. The summed E-state index contributed by atoms with van der Waals surface area (Å²) in [5, 5.41) is 8.72. The van der Waals surface area contributed by atoms with Crippen LogP contribution < -0.4 is 10.6 Å². The molecule has 1 aromatic heterocycles. The van der Waals surface area contributed by atoms with Gasteiger partial charge in [0.2, 0.25) is 0 Å². The van der Waals surface area contributed by atoms with Crippen LogP contribution in [-0.4, -0.2) is 58.3 Å². The Hall–Kier alpha value is -0.380. The molecular formula is C14H27IN4OS. The predicted molar refractivity (Wildman–Crippen MR) is 102 cm³/mol. The van der Waals surface area contributed by atoms with E-state index in [0.717, 1.165) is 25.7 Å². The number of nitrogens with zero attached hydrogens (tertiary/aromatic N) is 2. The molecule has 0 saturated heterocycles. The number of aliphatic imine (C=N–C) groups is 1. The van der Waals surface area contributed by atoms with Crippen LogP contribution in [0.25, 0.3) is 0 Å². The molecule has 0 aliphatic heterocycles. The lowest BCUT2D eigenvalue weighted by Crippen LogP contribution is -2.42. The summed E-state index contributed by atoms with van der Waals surface area (Å²) >= 11 is 1.78. The molecule has 0 fully saturated rings. The van der Waals surface area contributed by atoms with E-state index in [9.17, 15) is 0 Å². The SMILES string of the molecule is CCOCCNC(=NC)NCC(c1cccs1)N(C)C.I. The Morgan fingerprint density at radius 2 is 2.19 bits per heavy atom. The van der Waals surface area contributed by atoms with Gasteiger partial charge in [-0.15, -0.1) is 35.3 Å². The Balaban J connectivity index is 0.00000400. The van der Waals surface area contributed by atoms with E-state index in [1.165, 1.54) is 4.88 Å². The van der Waals surface area contributed by atoms with Crippen molar-refractivity contribution in [1.29, 1.82) is 0 Å². The van der Waals surface area contributed by atoms with Crippen LogP contribution >= 0.6 is 35.3 Å². The monoisotopic (exact) mass is 426 g/mol. The molecule has 1 atom stereocenters. The molecule has 21 heavy (non-hydrogen) atoms. The first-order valence-electron chi connectivity index (χ1n) is 6.91. The van der Waals surface area contributed by atoms with Crippen LogP contribution in [0.15, 0.2) is 22.5 Å². The molecule has 1 aromatic rings. The lowest BCUT2D eigenvalue weighted by atomic mass is 10.2. The molecule has 0 aliphatic carbocycles. The molecule has 0 saturated carbocycles. The minimum Gasteiger partial charge on any atom is -0.380 e. The zero-order valence-corrected chi connectivity index (χ0v) is 16.4. The number of likely N-dealkylation sites (N-methyl/N-ethyl adjacent to an activating group) is 1. The van der Waals surface area contributed by atoms with Gasteiger partial charge in [-0.25, -0.2) is 0 Å². The summed E-state index contributed by atoms with van der Waals surface area (Å²) in [6.07, 6.45) is 0. The normalized spacial score (nSPS) is 12.9. The number of hydrogen-bond acceptors (Lipinski definition) is 4. The molecule has 0 spiro atoms. The van der Waals surface area contributed by atoms with Crippen LogP contribution in [0, 0.1) is 0 Å². The van der Waals surface area contributed by atoms with Crippen LogP contribution in [0.4, 0.5) is 0 Å². The number of ether oxygens (including phenoxy) is 1. The van der Waals surface area contributed by atoms with Gasteiger partial charge in [0.1, 0.15) is 0 Å². The zero-order valence-electron chi connectivity index (χ0n) is 13.3. The summed E-state index contributed by atoms with van der Waals surface area (Å²) in [6, 6.07) is 4.61. The number of hydrogen-bond donors (Lipinski definition) is 2. The summed E-state index contributed by atoms with van der Waals surface area (Å²) in [4.78, 5) is 7.79. The Kier molecular flexibility index (Phi) is 12.0. The Labute approximate surface area is 149 Å². The zero-order chi connectivity index (χ0) is 14.8. The van der Waals surface area contributed by atoms with Crippen LogP contribution in [0.2, 0.25) is 0 Å². The number of rotatable bonds is 8. The van der Waals surface area contributed by atoms with Crippen LogP contribution in [0.5, 0.6) is 0 Å². The maximum atomic E-state index is 5.30. The van der Waals surface area contributed by atoms with Gasteiger partial charge < -0.3 is 20.3 Å². The second kappa shape index (κ2) is 12.2. The number of thiophene rings is 1. The van der Waals surface area contributed by atoms with Crippen molar-refractivity contribution in [2.45, 2.75) is 13.0 Å². The molecule has 1 unspecified atom stereocenters. The first-order chi connectivity index (χ1) is 9.69. The maximum Gasteiger partial charge on any atom is 0.191 e. The predicted octanol–water partition coefficient (Wildman–Crippen LogP) is 2.17. The van der Waals surface area contributed by atoms with Crippen molar-refractivity contribution in [3.8, 4) is 0 Å². The quantitative estimate of drug-likeness (QED) is 0.290. The minimum absolute atomic E-state index is 0. The summed E-state index contributed by atoms with van der Waals surface area (Å²) in [6.45, 7) is 5.02. The highest BCUT2D eigenvalue weighted by Gasteiger charge is 2.15. The van der Waals surface area contributed by atoms with E-state index in [-0.39, 0.29) is 24.0 Å². The Bertz CT molecular complexity index is 384. The topological polar surface area (TPSA) is 48.9 Å². The fourth-order valence-corrected chi connectivity index (χ4v) is 2.74. The average molecular weight is 426 g/mol. The third kappa shape index (κ3) is 7.98. The summed E-state index contributed by atoms with van der Waals surface area (Å²) in [5.74, 6) is 0.813. The number of guanidine groups is 1. The van der Waals surface area contributed by atoms with Gasteiger partial charge in [-0.2, -0.15) is 0 Å². The van der Waals surface area contributed by atoms with E-state index in [2.05, 4.69) is 52.1 Å². The average Bonchev–Trinajstić information content (AvgIpc) is 2.95. The Morgan fingerprint density at radius 3 is 2.71 bits per heavy atom. The van der Waals surface area contributed by atoms with Gasteiger partial charge >= 0.3 is 0 Å². The van der Waals surface area contributed by atoms with Crippen molar-refractivity contribution in [3.63, 3.8) is 0 Å². The molecule has 122 valence electrons. The fraction of sp³-hybridized carbons (Fsp3) is 0.643. The van der Waals surface area contributed by atoms with E-state index >= 15 is 0 Å². The molecule has 7 heteroatoms. The molecule has 0 aromatic carbocycles. The van der Waals surface area contributed by atoms with Gasteiger partial charge in [-0.05, 0) is 32.5 Å². The van der Waals surface area contributed by atoms with Gasteiger partial charge in [0.05, 0.1) is 12.6 Å². The van der Waals surface area contributed by atoms with Crippen molar-refractivity contribution in [3.05, 3.63) is 22.4 Å². The van der Waals surface area contributed by atoms with E-state index in [4.69, 9.17) is 4.74 Å². The summed E-state index contributed by atoms with van der Waals surface area (Å²) in [5.41, 5.74) is 0. The van der Waals surface area contributed by atoms with E-state index in [1.54, 1.807) is 18.4 Å². The molecule has 0 amide bonds. The highest BCUT2D eigenvalue weighted by molar-refractivity contribution is 14.0. The molecule has 0 aliphatic rings. The molecule has 0 bridgehead atoms. The van der Waals surface area contributed by atoms with Crippen molar-refractivity contribution in [2.24, 2.45) is 4.99 Å². The minimum atomic E-state index is 0. The first-order valence-corrected chi connectivity index (χ1v) is 7.79. The second-order valence-corrected chi connectivity index (χ2v) is 5.55. The highest BCUT2D eigenvalue weighted by Crippen LogP contribution is 2.22. The molecule has 5 nitrogen and oxygen atoms in total. The largest absolute Gasteiger partial charge is 0.380 e. The third-order valence-corrected chi connectivity index (χ3v) is 3.90. The molecular weight excluding hydrogens is 399 g/mol. The van der Waals surface area contributed by atoms with Crippen LogP contribution in [0.3, 0.4) is 0 Å². The van der Waals surface area contributed by atoms with Crippen molar-refractivity contribution in [2.75, 3.05) is 47.4 Å². The van der Waals surface area contributed by atoms with Crippen LogP contribution in [0.1, 0.15) is 17.8 Å². The fourth-order valence-electron chi connectivity index (χ4n) is 1.82. The second-order valence-electron chi connectivity index (χ2n) is 4.57. The lowest BCUT2D eigenvalue weighted by Gasteiger charge is -2.24. The molecule has 2 N–H and O–H groups in total. The van der Waals surface area contributed by atoms with Gasteiger partial charge in [0.15, 0.2) is 5.96 Å². The van der Waals surface area contributed by atoms with Gasteiger partial charge in [0.25, 0.3) is 0 Å². The number of nitrogens with one attached hydrogen (secondary N) is 2. The smallest absolute Gasteiger partial charge is 0.191 e. The molecule has 0 radical (unpaired) electrons. The van der Waals surface area contributed by atoms with Gasteiger partial charge in [0, 0.05) is 31.6 Å². The van der Waals surface area contributed by atoms with Crippen molar-refractivity contribution in [1.82, 2.24) is 15.5 Å². The van der Waals surface area contributed by atoms with Gasteiger partial charge in [-0.1, -0.05) is 6.07 Å². The highest BCUT2D eigenvalue weighted by atomic mass is 127. The maximum absolute atomic E-state index is 5.30. The Morgan fingerprint density at radius 1 is 1.43 bits per heavy atom. The van der Waals surface area contributed by atoms with Crippen LogP contribution in [-0.2, 0) is 4.74 Å². The van der Waals surface area contributed by atoms with E-state index in [0.29, 0.717) is 12.6 Å². The first kappa shape index (κ1) is 20.6. The van der Waals surface area contributed by atoms with Gasteiger partial charge in [-0.3, -0.25) is 4.99 Å².